The number of rotatable bonds is 3. The summed E-state index contributed by atoms with van der Waals surface area (Å²) in [6.07, 6.45) is 11.5. The Morgan fingerprint density at radius 2 is 1.73 bits per heavy atom. The van der Waals surface area contributed by atoms with E-state index in [0.29, 0.717) is 6.23 Å². The third-order valence-corrected chi connectivity index (χ3v) is 3.92. The molecule has 88 valence electrons. The minimum absolute atomic E-state index is 0.417. The number of nitrogens with zero attached hydrogens (tertiary/aromatic N) is 1. The van der Waals surface area contributed by atoms with E-state index in [0.717, 1.165) is 12.5 Å². The van der Waals surface area contributed by atoms with E-state index in [1.165, 1.54) is 57.9 Å². The van der Waals surface area contributed by atoms with Gasteiger partial charge in [0.1, 0.15) is 6.23 Å². The van der Waals surface area contributed by atoms with Gasteiger partial charge in [-0.25, -0.2) is 0 Å². The van der Waals surface area contributed by atoms with Gasteiger partial charge in [0, 0.05) is 13.2 Å². The van der Waals surface area contributed by atoms with Crippen LogP contribution in [0.1, 0.15) is 51.4 Å². The summed E-state index contributed by atoms with van der Waals surface area (Å²) in [5.41, 5.74) is 0. The molecule has 1 heterocycles. The van der Waals surface area contributed by atoms with Gasteiger partial charge in [-0.15, -0.1) is 0 Å². The number of ether oxygens (including phenoxy) is 1. The topological polar surface area (TPSA) is 12.5 Å². The third kappa shape index (κ3) is 3.46. The molecular weight excluding hydrogens is 186 g/mol. The second kappa shape index (κ2) is 5.86. The molecule has 0 bridgehead atoms. The minimum atomic E-state index is 0.417. The molecule has 0 spiro atoms. The molecule has 1 saturated heterocycles. The molecule has 0 N–H and O–H groups in total. The standard InChI is InChI=1S/C13H25NO/c1-14(13-9-5-6-10-15-13)11-12-7-3-2-4-8-12/h12-13H,2-11H2,1H3. The summed E-state index contributed by atoms with van der Waals surface area (Å²) in [5, 5.41) is 0. The quantitative estimate of drug-likeness (QED) is 0.711. The minimum Gasteiger partial charge on any atom is -0.363 e. The molecule has 2 fully saturated rings. The Bertz CT molecular complexity index is 171. The first-order valence-corrected chi connectivity index (χ1v) is 6.68. The zero-order valence-electron chi connectivity index (χ0n) is 10.1. The van der Waals surface area contributed by atoms with Crippen LogP contribution in [0.25, 0.3) is 0 Å². The first-order valence-electron chi connectivity index (χ1n) is 6.68. The van der Waals surface area contributed by atoms with Gasteiger partial charge in [-0.2, -0.15) is 0 Å². The zero-order chi connectivity index (χ0) is 10.5. The molecule has 0 amide bonds. The molecule has 1 unspecified atom stereocenters. The van der Waals surface area contributed by atoms with Gasteiger partial charge in [-0.1, -0.05) is 19.3 Å². The molecule has 1 atom stereocenters. The molecule has 1 saturated carbocycles. The van der Waals surface area contributed by atoms with Crippen LogP contribution < -0.4 is 0 Å². The van der Waals surface area contributed by atoms with E-state index in [4.69, 9.17) is 4.74 Å². The first-order chi connectivity index (χ1) is 7.36. The molecule has 2 nitrogen and oxygen atoms in total. The largest absolute Gasteiger partial charge is 0.363 e. The Balaban J connectivity index is 1.72. The predicted molar refractivity (Wildman–Crippen MR) is 62.8 cm³/mol. The molecule has 0 aromatic carbocycles. The Morgan fingerprint density at radius 3 is 2.40 bits per heavy atom. The van der Waals surface area contributed by atoms with E-state index >= 15 is 0 Å². The summed E-state index contributed by atoms with van der Waals surface area (Å²) in [6.45, 7) is 2.23. The summed E-state index contributed by atoms with van der Waals surface area (Å²) in [6, 6.07) is 0. The SMILES string of the molecule is CN(CC1CCCCC1)C1CCCCO1. The fraction of sp³-hybridized carbons (Fsp3) is 1.00. The van der Waals surface area contributed by atoms with Gasteiger partial charge in [-0.3, -0.25) is 4.90 Å². The lowest BCUT2D eigenvalue weighted by atomic mass is 9.89. The van der Waals surface area contributed by atoms with Crippen molar-refractivity contribution in [1.29, 1.82) is 0 Å². The highest BCUT2D eigenvalue weighted by atomic mass is 16.5. The molecule has 0 radical (unpaired) electrons. The van der Waals surface area contributed by atoms with Crippen molar-refractivity contribution in [1.82, 2.24) is 4.90 Å². The smallest absolute Gasteiger partial charge is 0.110 e. The van der Waals surface area contributed by atoms with Crippen molar-refractivity contribution in [2.45, 2.75) is 57.6 Å². The monoisotopic (exact) mass is 211 g/mol. The molecule has 2 rings (SSSR count). The second-order valence-corrected chi connectivity index (χ2v) is 5.26. The van der Waals surface area contributed by atoms with Crippen molar-refractivity contribution in [3.8, 4) is 0 Å². The van der Waals surface area contributed by atoms with Crippen LogP contribution in [0.5, 0.6) is 0 Å². The van der Waals surface area contributed by atoms with Gasteiger partial charge in [0.15, 0.2) is 0 Å². The van der Waals surface area contributed by atoms with Crippen LogP contribution in [0, 0.1) is 5.92 Å². The lowest BCUT2D eigenvalue weighted by Crippen LogP contribution is -2.39. The van der Waals surface area contributed by atoms with Gasteiger partial charge in [0.25, 0.3) is 0 Å². The van der Waals surface area contributed by atoms with Crippen LogP contribution in [0.4, 0.5) is 0 Å². The molecule has 1 aliphatic heterocycles. The van der Waals surface area contributed by atoms with Crippen LogP contribution >= 0.6 is 0 Å². The van der Waals surface area contributed by atoms with Crippen LogP contribution in [0.15, 0.2) is 0 Å². The van der Waals surface area contributed by atoms with Crippen molar-refractivity contribution in [2.24, 2.45) is 5.92 Å². The van der Waals surface area contributed by atoms with Crippen LogP contribution in [-0.2, 0) is 4.74 Å². The van der Waals surface area contributed by atoms with E-state index in [2.05, 4.69) is 11.9 Å². The zero-order valence-corrected chi connectivity index (χ0v) is 10.1. The fourth-order valence-corrected chi connectivity index (χ4v) is 2.97. The average Bonchev–Trinajstić information content (AvgIpc) is 2.31. The van der Waals surface area contributed by atoms with Crippen LogP contribution in [0.2, 0.25) is 0 Å². The lowest BCUT2D eigenvalue weighted by molar-refractivity contribution is -0.0808. The molecule has 15 heavy (non-hydrogen) atoms. The Labute approximate surface area is 94.0 Å². The molecule has 0 aromatic heterocycles. The maximum atomic E-state index is 5.81. The molecular formula is C13H25NO. The third-order valence-electron chi connectivity index (χ3n) is 3.92. The lowest BCUT2D eigenvalue weighted by Gasteiger charge is -2.34. The second-order valence-electron chi connectivity index (χ2n) is 5.26. The van der Waals surface area contributed by atoms with Gasteiger partial charge in [0.05, 0.1) is 0 Å². The van der Waals surface area contributed by atoms with Gasteiger partial charge >= 0.3 is 0 Å². The Hall–Kier alpha value is -0.0800. The average molecular weight is 211 g/mol. The van der Waals surface area contributed by atoms with E-state index < -0.39 is 0 Å². The predicted octanol–water partition coefficient (Wildman–Crippen LogP) is 3.03. The number of hydrogen-bond acceptors (Lipinski definition) is 2. The molecule has 1 aliphatic carbocycles. The maximum Gasteiger partial charge on any atom is 0.110 e. The van der Waals surface area contributed by atoms with Crippen molar-refractivity contribution in [2.75, 3.05) is 20.2 Å². The highest BCUT2D eigenvalue weighted by Gasteiger charge is 2.22. The summed E-state index contributed by atoms with van der Waals surface area (Å²) in [5.74, 6) is 0.939. The van der Waals surface area contributed by atoms with Crippen LogP contribution in [0.3, 0.4) is 0 Å². The number of hydrogen-bond donors (Lipinski definition) is 0. The van der Waals surface area contributed by atoms with Crippen molar-refractivity contribution in [3.63, 3.8) is 0 Å². The van der Waals surface area contributed by atoms with E-state index in [-0.39, 0.29) is 0 Å². The van der Waals surface area contributed by atoms with E-state index in [9.17, 15) is 0 Å². The van der Waals surface area contributed by atoms with E-state index in [1.54, 1.807) is 0 Å². The van der Waals surface area contributed by atoms with Crippen molar-refractivity contribution >= 4 is 0 Å². The Morgan fingerprint density at radius 1 is 1.00 bits per heavy atom. The summed E-state index contributed by atoms with van der Waals surface area (Å²) >= 11 is 0. The molecule has 2 aliphatic rings. The fourth-order valence-electron chi connectivity index (χ4n) is 2.97. The van der Waals surface area contributed by atoms with E-state index in [1.807, 2.05) is 0 Å². The van der Waals surface area contributed by atoms with Gasteiger partial charge in [0.2, 0.25) is 0 Å². The van der Waals surface area contributed by atoms with Gasteiger partial charge in [-0.05, 0) is 45.1 Å². The first kappa shape index (κ1) is 11.4. The summed E-state index contributed by atoms with van der Waals surface area (Å²) < 4.78 is 5.81. The Kier molecular flexibility index (Phi) is 4.45. The van der Waals surface area contributed by atoms with Gasteiger partial charge < -0.3 is 4.74 Å². The summed E-state index contributed by atoms with van der Waals surface area (Å²) in [4.78, 5) is 2.45. The normalized spacial score (nSPS) is 29.6. The highest BCUT2D eigenvalue weighted by molar-refractivity contribution is 4.71. The molecule has 2 heteroatoms. The van der Waals surface area contributed by atoms with Crippen molar-refractivity contribution in [3.05, 3.63) is 0 Å². The maximum absolute atomic E-state index is 5.81. The molecule has 0 aromatic rings. The van der Waals surface area contributed by atoms with Crippen LogP contribution in [-0.4, -0.2) is 31.3 Å². The summed E-state index contributed by atoms with van der Waals surface area (Å²) in [7, 11) is 2.24. The highest BCUT2D eigenvalue weighted by Crippen LogP contribution is 2.25. The van der Waals surface area contributed by atoms with Crippen molar-refractivity contribution < 1.29 is 4.74 Å².